The first kappa shape index (κ1) is 17.7. The minimum Gasteiger partial charge on any atom is -0.325 e. The van der Waals surface area contributed by atoms with Crippen LogP contribution in [0.2, 0.25) is 5.02 Å². The third-order valence-electron chi connectivity index (χ3n) is 2.96. The Morgan fingerprint density at radius 3 is 2.43 bits per heavy atom. The van der Waals surface area contributed by atoms with E-state index in [1.807, 2.05) is 12.1 Å². The number of carbonyl (C=O) groups is 1. The molecule has 0 saturated carbocycles. The van der Waals surface area contributed by atoms with Gasteiger partial charge in [-0.3, -0.25) is 4.79 Å². The highest BCUT2D eigenvalue weighted by Gasteiger charge is 2.33. The molecule has 2 aromatic rings. The Morgan fingerprint density at radius 1 is 1.09 bits per heavy atom. The topological polar surface area (TPSA) is 29.1 Å². The minimum absolute atomic E-state index is 0.0391. The average Bonchev–Trinajstić information content (AvgIpc) is 2.49. The Bertz CT molecular complexity index is 691. The van der Waals surface area contributed by atoms with E-state index in [-0.39, 0.29) is 11.4 Å². The number of thioether (sulfide) groups is 1. The largest absolute Gasteiger partial charge is 0.418 e. The molecule has 1 amide bonds. The van der Waals surface area contributed by atoms with E-state index in [0.29, 0.717) is 10.8 Å². The molecule has 0 aromatic heterocycles. The normalized spacial score (nSPS) is 11.3. The lowest BCUT2D eigenvalue weighted by Crippen LogP contribution is -2.18. The molecule has 0 bridgehead atoms. The fraction of sp³-hybridized carbons (Fsp3) is 0.188. The van der Waals surface area contributed by atoms with Crippen LogP contribution >= 0.6 is 23.4 Å². The second kappa shape index (κ2) is 7.75. The van der Waals surface area contributed by atoms with Crippen molar-refractivity contribution in [3.63, 3.8) is 0 Å². The van der Waals surface area contributed by atoms with Crippen LogP contribution < -0.4 is 5.32 Å². The molecule has 0 saturated heterocycles. The Morgan fingerprint density at radius 2 is 1.74 bits per heavy atom. The second-order valence-corrected chi connectivity index (χ2v) is 6.07. The van der Waals surface area contributed by atoms with Crippen molar-refractivity contribution >= 4 is 35.0 Å². The van der Waals surface area contributed by atoms with Crippen molar-refractivity contribution in [2.24, 2.45) is 0 Å². The second-order valence-electron chi connectivity index (χ2n) is 4.68. The van der Waals surface area contributed by atoms with Crippen LogP contribution in [0.3, 0.4) is 0 Å². The zero-order chi connectivity index (χ0) is 16.9. The maximum Gasteiger partial charge on any atom is 0.418 e. The lowest BCUT2D eigenvalue weighted by molar-refractivity contribution is -0.137. The fourth-order valence-electron chi connectivity index (χ4n) is 1.89. The summed E-state index contributed by atoms with van der Waals surface area (Å²) in [6.45, 7) is 0. The number of alkyl halides is 3. The van der Waals surface area contributed by atoms with E-state index >= 15 is 0 Å². The van der Waals surface area contributed by atoms with Crippen molar-refractivity contribution in [3.8, 4) is 0 Å². The summed E-state index contributed by atoms with van der Waals surface area (Å²) in [5.74, 6) is 0.0598. The summed E-state index contributed by atoms with van der Waals surface area (Å²) in [4.78, 5) is 11.8. The van der Waals surface area contributed by atoms with Crippen LogP contribution in [0.1, 0.15) is 11.1 Å². The van der Waals surface area contributed by atoms with Crippen LogP contribution in [-0.2, 0) is 16.7 Å². The molecule has 122 valence electrons. The SMILES string of the molecule is O=C(CSCc1ccccc1Cl)Nc1ccccc1C(F)(F)F. The third-order valence-corrected chi connectivity index (χ3v) is 4.31. The molecule has 0 aliphatic carbocycles. The standard InChI is InChI=1S/C16H13ClF3NOS/c17-13-7-3-1-5-11(13)9-23-10-15(22)21-14-8-4-2-6-12(14)16(18,19)20/h1-8H,9-10H2,(H,21,22). The van der Waals surface area contributed by atoms with Gasteiger partial charge in [-0.05, 0) is 23.8 Å². The molecule has 1 N–H and O–H groups in total. The molecule has 0 unspecified atom stereocenters. The van der Waals surface area contributed by atoms with Gasteiger partial charge < -0.3 is 5.32 Å². The highest BCUT2D eigenvalue weighted by atomic mass is 35.5. The summed E-state index contributed by atoms with van der Waals surface area (Å²) in [7, 11) is 0. The molecule has 0 fully saturated rings. The fourth-order valence-corrected chi connectivity index (χ4v) is 3.01. The molecular formula is C16H13ClF3NOS. The van der Waals surface area contributed by atoms with Crippen LogP contribution in [0.5, 0.6) is 0 Å². The number of nitrogens with one attached hydrogen (secondary N) is 1. The smallest absolute Gasteiger partial charge is 0.325 e. The van der Waals surface area contributed by atoms with Gasteiger partial charge in [0.25, 0.3) is 0 Å². The van der Waals surface area contributed by atoms with E-state index in [0.717, 1.165) is 11.6 Å². The molecule has 2 rings (SSSR count). The predicted octanol–water partition coefficient (Wildman–Crippen LogP) is 5.23. The van der Waals surface area contributed by atoms with Crippen LogP contribution in [-0.4, -0.2) is 11.7 Å². The predicted molar refractivity (Wildman–Crippen MR) is 87.7 cm³/mol. The van der Waals surface area contributed by atoms with Crippen molar-refractivity contribution < 1.29 is 18.0 Å². The van der Waals surface area contributed by atoms with Gasteiger partial charge in [0, 0.05) is 10.8 Å². The first-order valence-corrected chi connectivity index (χ1v) is 8.18. The maximum absolute atomic E-state index is 12.8. The number of benzene rings is 2. The lowest BCUT2D eigenvalue weighted by Gasteiger charge is -2.13. The first-order chi connectivity index (χ1) is 10.9. The van der Waals surface area contributed by atoms with Gasteiger partial charge in [0.1, 0.15) is 0 Å². The molecule has 23 heavy (non-hydrogen) atoms. The molecule has 0 radical (unpaired) electrons. The van der Waals surface area contributed by atoms with Crippen molar-refractivity contribution in [1.29, 1.82) is 0 Å². The summed E-state index contributed by atoms with van der Waals surface area (Å²) < 4.78 is 38.5. The highest BCUT2D eigenvalue weighted by molar-refractivity contribution is 7.99. The minimum atomic E-state index is -4.51. The number of hydrogen-bond donors (Lipinski definition) is 1. The number of rotatable bonds is 5. The van der Waals surface area contributed by atoms with Gasteiger partial charge in [-0.2, -0.15) is 13.2 Å². The number of anilines is 1. The van der Waals surface area contributed by atoms with Crippen LogP contribution in [0.25, 0.3) is 0 Å². The van der Waals surface area contributed by atoms with Crippen molar-refractivity contribution in [1.82, 2.24) is 0 Å². The Balaban J connectivity index is 1.92. The zero-order valence-corrected chi connectivity index (χ0v) is 13.4. The molecule has 0 atom stereocenters. The third kappa shape index (κ3) is 5.18. The zero-order valence-electron chi connectivity index (χ0n) is 11.9. The quantitative estimate of drug-likeness (QED) is 0.791. The molecule has 7 heteroatoms. The maximum atomic E-state index is 12.8. The van der Waals surface area contributed by atoms with Crippen LogP contribution in [0.15, 0.2) is 48.5 Å². The monoisotopic (exact) mass is 359 g/mol. The van der Waals surface area contributed by atoms with Gasteiger partial charge in [0.15, 0.2) is 0 Å². The van der Waals surface area contributed by atoms with Gasteiger partial charge in [-0.15, -0.1) is 11.8 Å². The molecule has 2 nitrogen and oxygen atoms in total. The van der Waals surface area contributed by atoms with Crippen LogP contribution in [0, 0.1) is 0 Å². The van der Waals surface area contributed by atoms with Crippen molar-refractivity contribution in [2.45, 2.75) is 11.9 Å². The first-order valence-electron chi connectivity index (χ1n) is 6.65. The van der Waals surface area contributed by atoms with Gasteiger partial charge >= 0.3 is 6.18 Å². The Hall–Kier alpha value is -1.66. The summed E-state index contributed by atoms with van der Waals surface area (Å²) in [6, 6.07) is 12.1. The summed E-state index contributed by atoms with van der Waals surface area (Å²) in [5.41, 5.74) is -0.213. The highest BCUT2D eigenvalue weighted by Crippen LogP contribution is 2.34. The number of amides is 1. The van der Waals surface area contributed by atoms with E-state index in [2.05, 4.69) is 5.32 Å². The molecule has 0 heterocycles. The molecule has 2 aromatic carbocycles. The molecular weight excluding hydrogens is 347 g/mol. The Labute approximate surface area is 141 Å². The van der Waals surface area contributed by atoms with E-state index in [9.17, 15) is 18.0 Å². The van der Waals surface area contributed by atoms with Crippen LogP contribution in [0.4, 0.5) is 18.9 Å². The van der Waals surface area contributed by atoms with Gasteiger partial charge in [-0.1, -0.05) is 41.9 Å². The van der Waals surface area contributed by atoms with E-state index in [1.54, 1.807) is 12.1 Å². The molecule has 0 aliphatic rings. The average molecular weight is 360 g/mol. The van der Waals surface area contributed by atoms with E-state index in [4.69, 9.17) is 11.6 Å². The van der Waals surface area contributed by atoms with Crippen molar-refractivity contribution in [3.05, 3.63) is 64.7 Å². The van der Waals surface area contributed by atoms with Crippen molar-refractivity contribution in [2.75, 3.05) is 11.1 Å². The van der Waals surface area contributed by atoms with Gasteiger partial charge in [0.05, 0.1) is 17.0 Å². The lowest BCUT2D eigenvalue weighted by atomic mass is 10.1. The van der Waals surface area contributed by atoms with E-state index < -0.39 is 17.6 Å². The summed E-state index contributed by atoms with van der Waals surface area (Å²) in [5, 5.41) is 2.91. The summed E-state index contributed by atoms with van der Waals surface area (Å²) in [6.07, 6.45) is -4.51. The number of hydrogen-bond acceptors (Lipinski definition) is 2. The Kier molecular flexibility index (Phi) is 5.96. The number of para-hydroxylation sites is 1. The van der Waals surface area contributed by atoms with Gasteiger partial charge in [-0.25, -0.2) is 0 Å². The van der Waals surface area contributed by atoms with Gasteiger partial charge in [0.2, 0.25) is 5.91 Å². The molecule has 0 aliphatic heterocycles. The number of halogens is 4. The number of carbonyl (C=O) groups excluding carboxylic acids is 1. The summed E-state index contributed by atoms with van der Waals surface area (Å²) >= 11 is 7.28. The van der Waals surface area contributed by atoms with E-state index in [1.165, 1.54) is 30.0 Å². The molecule has 0 spiro atoms.